The average Bonchev–Trinajstić information content (AvgIpc) is 3.30. The third-order valence-electron chi connectivity index (χ3n) is 5.40. The minimum atomic E-state index is -3.55. The lowest BCUT2D eigenvalue weighted by Crippen LogP contribution is -2.46. The van der Waals surface area contributed by atoms with Crippen molar-refractivity contribution in [1.29, 1.82) is 0 Å². The molecule has 1 atom stereocenters. The zero-order valence-corrected chi connectivity index (χ0v) is 16.5. The second kappa shape index (κ2) is 6.83. The number of hydrogen-bond acceptors (Lipinski definition) is 5. The zero-order valence-electron chi connectivity index (χ0n) is 15.7. The number of sulfonamides is 1. The smallest absolute Gasteiger partial charge is 0.260 e. The van der Waals surface area contributed by atoms with Gasteiger partial charge in [0.05, 0.1) is 6.20 Å². The van der Waals surface area contributed by atoms with Crippen LogP contribution in [0.4, 0.5) is 0 Å². The van der Waals surface area contributed by atoms with Crippen LogP contribution >= 0.6 is 0 Å². The lowest BCUT2D eigenvalue weighted by Gasteiger charge is -2.40. The van der Waals surface area contributed by atoms with Crippen molar-refractivity contribution in [2.24, 2.45) is 5.41 Å². The number of rotatable bonds is 5. The Morgan fingerprint density at radius 2 is 2.04 bits per heavy atom. The van der Waals surface area contributed by atoms with Crippen molar-refractivity contribution in [1.82, 2.24) is 14.1 Å². The number of aryl methyl sites for hydroxylation is 1. The minimum absolute atomic E-state index is 0.129. The molecule has 7 nitrogen and oxygen atoms in total. The predicted octanol–water partition coefficient (Wildman–Crippen LogP) is 2.67. The molecule has 0 radical (unpaired) electrons. The van der Waals surface area contributed by atoms with Gasteiger partial charge in [-0.2, -0.15) is 9.40 Å². The second-order valence-corrected chi connectivity index (χ2v) is 9.49. The molecule has 0 N–H and O–H groups in total. The van der Waals surface area contributed by atoms with Crippen LogP contribution in [0.3, 0.4) is 0 Å². The van der Waals surface area contributed by atoms with Crippen molar-refractivity contribution in [2.75, 3.05) is 19.9 Å². The van der Waals surface area contributed by atoms with E-state index in [1.807, 2.05) is 25.1 Å². The summed E-state index contributed by atoms with van der Waals surface area (Å²) in [5.41, 5.74) is 1.01. The van der Waals surface area contributed by atoms with Gasteiger partial charge in [-0.3, -0.25) is 4.68 Å². The van der Waals surface area contributed by atoms with E-state index in [0.29, 0.717) is 19.6 Å². The Bertz CT molecular complexity index is 940. The van der Waals surface area contributed by atoms with Crippen molar-refractivity contribution in [3.63, 3.8) is 0 Å². The summed E-state index contributed by atoms with van der Waals surface area (Å²) in [6.45, 7) is 5.89. The van der Waals surface area contributed by atoms with Gasteiger partial charge >= 0.3 is 0 Å². The zero-order chi connectivity index (χ0) is 19.1. The summed E-state index contributed by atoms with van der Waals surface area (Å²) in [6.07, 6.45) is 4.18. The molecule has 2 aromatic rings. The molecule has 0 aliphatic carbocycles. The molecule has 0 amide bonds. The SMILES string of the molecule is CCn1nccc1S(=O)(=O)N1CCCC(C)(Cc2ccc3c(c2)OCO3)C1. The van der Waals surface area contributed by atoms with Crippen molar-refractivity contribution >= 4 is 10.0 Å². The van der Waals surface area contributed by atoms with Gasteiger partial charge in [0.1, 0.15) is 0 Å². The molecule has 27 heavy (non-hydrogen) atoms. The number of hydrogen-bond donors (Lipinski definition) is 0. The van der Waals surface area contributed by atoms with E-state index < -0.39 is 10.0 Å². The van der Waals surface area contributed by atoms with E-state index in [1.165, 1.54) is 0 Å². The molecule has 4 rings (SSSR count). The molecule has 8 heteroatoms. The van der Waals surface area contributed by atoms with Crippen LogP contribution in [0.15, 0.2) is 35.5 Å². The van der Waals surface area contributed by atoms with Gasteiger partial charge in [-0.15, -0.1) is 0 Å². The maximum Gasteiger partial charge on any atom is 0.260 e. The summed E-state index contributed by atoms with van der Waals surface area (Å²) in [6, 6.07) is 7.56. The van der Waals surface area contributed by atoms with Crippen LogP contribution in [0, 0.1) is 5.41 Å². The number of piperidine rings is 1. The summed E-state index contributed by atoms with van der Waals surface area (Å²) in [7, 11) is -3.55. The largest absolute Gasteiger partial charge is 0.454 e. The molecule has 2 aliphatic heterocycles. The van der Waals surface area contributed by atoms with Gasteiger partial charge in [0.15, 0.2) is 16.5 Å². The predicted molar refractivity (Wildman–Crippen MR) is 100 cm³/mol. The molecule has 1 aromatic heterocycles. The Hall–Kier alpha value is -2.06. The molecule has 0 spiro atoms. The van der Waals surface area contributed by atoms with E-state index in [2.05, 4.69) is 12.0 Å². The van der Waals surface area contributed by atoms with Crippen LogP contribution in [0.5, 0.6) is 11.5 Å². The van der Waals surface area contributed by atoms with E-state index in [4.69, 9.17) is 9.47 Å². The highest BCUT2D eigenvalue weighted by Gasteiger charge is 2.38. The third-order valence-corrected chi connectivity index (χ3v) is 7.26. The Morgan fingerprint density at radius 1 is 1.22 bits per heavy atom. The van der Waals surface area contributed by atoms with Crippen molar-refractivity contribution in [3.05, 3.63) is 36.0 Å². The third kappa shape index (κ3) is 3.43. The fourth-order valence-corrected chi connectivity index (χ4v) is 5.86. The summed E-state index contributed by atoms with van der Waals surface area (Å²) in [4.78, 5) is 0. The Balaban J connectivity index is 1.55. The first-order chi connectivity index (χ1) is 12.9. The van der Waals surface area contributed by atoms with Crippen molar-refractivity contribution in [3.8, 4) is 11.5 Å². The molecule has 1 aromatic carbocycles. The monoisotopic (exact) mass is 391 g/mol. The summed E-state index contributed by atoms with van der Waals surface area (Å²) < 4.78 is 40.3. The van der Waals surface area contributed by atoms with Crippen LogP contribution in [0.1, 0.15) is 32.3 Å². The van der Waals surface area contributed by atoms with Crippen LogP contribution < -0.4 is 9.47 Å². The molecule has 0 saturated carbocycles. The summed E-state index contributed by atoms with van der Waals surface area (Å²) >= 11 is 0. The highest BCUT2D eigenvalue weighted by molar-refractivity contribution is 7.89. The fraction of sp³-hybridized carbons (Fsp3) is 0.526. The maximum atomic E-state index is 13.2. The molecule has 0 bridgehead atoms. The highest BCUT2D eigenvalue weighted by atomic mass is 32.2. The van der Waals surface area contributed by atoms with Gasteiger partial charge in [0.25, 0.3) is 10.0 Å². The fourth-order valence-electron chi connectivity index (χ4n) is 4.07. The van der Waals surface area contributed by atoms with E-state index in [-0.39, 0.29) is 17.2 Å². The molecular formula is C19H25N3O4S. The van der Waals surface area contributed by atoms with E-state index >= 15 is 0 Å². The number of fused-ring (bicyclic) bond motifs is 1. The minimum Gasteiger partial charge on any atom is -0.454 e. The van der Waals surface area contributed by atoms with Gasteiger partial charge in [-0.25, -0.2) is 8.42 Å². The summed E-state index contributed by atoms with van der Waals surface area (Å²) in [5.74, 6) is 1.54. The average molecular weight is 391 g/mol. The second-order valence-electron chi connectivity index (χ2n) is 7.60. The van der Waals surface area contributed by atoms with Crippen LogP contribution in [-0.2, 0) is 23.0 Å². The van der Waals surface area contributed by atoms with E-state index in [1.54, 1.807) is 21.3 Å². The lowest BCUT2D eigenvalue weighted by molar-refractivity contribution is 0.164. The Morgan fingerprint density at radius 3 is 2.85 bits per heavy atom. The van der Waals surface area contributed by atoms with Crippen LogP contribution in [0.25, 0.3) is 0 Å². The van der Waals surface area contributed by atoms with E-state index in [0.717, 1.165) is 36.3 Å². The van der Waals surface area contributed by atoms with Gasteiger partial charge in [-0.1, -0.05) is 13.0 Å². The lowest BCUT2D eigenvalue weighted by atomic mass is 9.77. The number of nitrogens with zero attached hydrogens (tertiary/aromatic N) is 3. The van der Waals surface area contributed by atoms with Crippen molar-refractivity contribution < 1.29 is 17.9 Å². The Labute approximate surface area is 159 Å². The molecule has 1 unspecified atom stereocenters. The Kier molecular flexibility index (Phi) is 4.63. The first-order valence-corrected chi connectivity index (χ1v) is 10.8. The van der Waals surface area contributed by atoms with Gasteiger partial charge in [0.2, 0.25) is 6.79 Å². The van der Waals surface area contributed by atoms with Crippen molar-refractivity contribution in [2.45, 2.75) is 44.7 Å². The standard InChI is InChI=1S/C19H25N3O4S/c1-3-22-18(7-9-20-22)27(23,24)21-10-4-8-19(2,13-21)12-15-5-6-16-17(11-15)26-14-25-16/h5-7,9,11H,3-4,8,10,12-14H2,1-2H3. The van der Waals surface area contributed by atoms with Crippen LogP contribution in [0.2, 0.25) is 0 Å². The van der Waals surface area contributed by atoms with Gasteiger partial charge in [-0.05, 0) is 55.4 Å². The van der Waals surface area contributed by atoms with Crippen LogP contribution in [-0.4, -0.2) is 42.4 Å². The molecule has 1 saturated heterocycles. The first kappa shape index (κ1) is 18.3. The highest BCUT2D eigenvalue weighted by Crippen LogP contribution is 2.38. The quantitative estimate of drug-likeness (QED) is 0.783. The number of aromatic nitrogens is 2. The molecular weight excluding hydrogens is 366 g/mol. The topological polar surface area (TPSA) is 73.7 Å². The first-order valence-electron chi connectivity index (χ1n) is 9.32. The summed E-state index contributed by atoms with van der Waals surface area (Å²) in [5, 5.41) is 4.39. The number of benzene rings is 1. The normalized spacial score (nSPS) is 22.9. The molecule has 3 heterocycles. The molecule has 2 aliphatic rings. The molecule has 1 fully saturated rings. The van der Waals surface area contributed by atoms with E-state index in [9.17, 15) is 8.42 Å². The number of ether oxygens (including phenoxy) is 2. The van der Waals surface area contributed by atoms with Gasteiger partial charge in [0, 0.05) is 19.6 Å². The molecule has 146 valence electrons. The maximum absolute atomic E-state index is 13.2. The van der Waals surface area contributed by atoms with Gasteiger partial charge < -0.3 is 9.47 Å².